The monoisotopic (exact) mass is 415 g/mol. The molecule has 28 heavy (non-hydrogen) atoms. The number of nitrogens with zero attached hydrogens (tertiary/aromatic N) is 4. The molecule has 0 aliphatic carbocycles. The van der Waals surface area contributed by atoms with E-state index in [1.807, 2.05) is 4.90 Å². The van der Waals surface area contributed by atoms with E-state index in [2.05, 4.69) is 15.3 Å². The maximum absolute atomic E-state index is 12.9. The molecular formula is C17H17ClF3N5O2. The second-order valence-corrected chi connectivity index (χ2v) is 6.82. The number of aromatic nitrogens is 3. The number of alkyl halides is 3. The molecule has 11 heteroatoms. The zero-order chi connectivity index (χ0) is 20.3. The number of carbonyl (C=O) groups excluding carboxylic acids is 1. The lowest BCUT2D eigenvalue weighted by molar-refractivity contribution is -0.138. The zero-order valence-corrected chi connectivity index (χ0v) is 15.4. The number of carbonyl (C=O) groups is 1. The topological polar surface area (TPSA) is 80.1 Å². The first-order valence-electron chi connectivity index (χ1n) is 8.52. The Kier molecular flexibility index (Phi) is 5.87. The van der Waals surface area contributed by atoms with Gasteiger partial charge in [0.25, 0.3) is 5.56 Å². The lowest BCUT2D eigenvalue weighted by Gasteiger charge is -2.33. The minimum atomic E-state index is -4.67. The summed E-state index contributed by atoms with van der Waals surface area (Å²) in [6, 6.07) is 2.02. The lowest BCUT2D eigenvalue weighted by Crippen LogP contribution is -2.49. The second-order valence-electron chi connectivity index (χ2n) is 6.41. The van der Waals surface area contributed by atoms with E-state index >= 15 is 0 Å². The first-order valence-corrected chi connectivity index (χ1v) is 8.90. The van der Waals surface area contributed by atoms with E-state index in [1.165, 1.54) is 0 Å². The molecule has 2 aromatic heterocycles. The van der Waals surface area contributed by atoms with Crippen molar-refractivity contribution in [1.82, 2.24) is 19.9 Å². The summed E-state index contributed by atoms with van der Waals surface area (Å²) in [7, 11) is 0. The summed E-state index contributed by atoms with van der Waals surface area (Å²) in [6.07, 6.45) is 0.655. The van der Waals surface area contributed by atoms with Crippen molar-refractivity contribution >= 4 is 23.5 Å². The predicted octanol–water partition coefficient (Wildman–Crippen LogP) is 2.10. The fraction of sp³-hybridized carbons (Fsp3) is 0.412. The third-order valence-corrected chi connectivity index (χ3v) is 4.58. The van der Waals surface area contributed by atoms with E-state index in [9.17, 15) is 22.8 Å². The van der Waals surface area contributed by atoms with Gasteiger partial charge in [-0.05, 0) is 25.0 Å². The van der Waals surface area contributed by atoms with Gasteiger partial charge in [0.1, 0.15) is 11.6 Å². The highest BCUT2D eigenvalue weighted by Crippen LogP contribution is 2.29. The van der Waals surface area contributed by atoms with Crippen LogP contribution in [-0.2, 0) is 17.5 Å². The smallest absolute Gasteiger partial charge is 0.350 e. The van der Waals surface area contributed by atoms with Crippen molar-refractivity contribution in [3.63, 3.8) is 0 Å². The molecule has 0 saturated carbocycles. The van der Waals surface area contributed by atoms with Gasteiger partial charge in [0.05, 0.1) is 5.56 Å². The lowest BCUT2D eigenvalue weighted by atomic mass is 10.1. The van der Waals surface area contributed by atoms with Gasteiger partial charge < -0.3 is 14.8 Å². The minimum absolute atomic E-state index is 0.234. The molecule has 0 aromatic carbocycles. The van der Waals surface area contributed by atoms with E-state index in [1.54, 1.807) is 18.5 Å². The van der Waals surface area contributed by atoms with E-state index in [4.69, 9.17) is 11.6 Å². The highest BCUT2D eigenvalue weighted by atomic mass is 35.5. The number of amides is 1. The van der Waals surface area contributed by atoms with Crippen molar-refractivity contribution in [3.8, 4) is 0 Å². The van der Waals surface area contributed by atoms with Gasteiger partial charge >= 0.3 is 6.18 Å². The van der Waals surface area contributed by atoms with Crippen LogP contribution in [0.15, 0.2) is 35.5 Å². The molecule has 2 aromatic rings. The van der Waals surface area contributed by atoms with Crippen LogP contribution in [-0.4, -0.2) is 39.6 Å². The van der Waals surface area contributed by atoms with Crippen LogP contribution in [0.5, 0.6) is 0 Å². The van der Waals surface area contributed by atoms with Crippen molar-refractivity contribution in [1.29, 1.82) is 0 Å². The van der Waals surface area contributed by atoms with Gasteiger partial charge in [0.2, 0.25) is 11.9 Å². The first kappa shape index (κ1) is 20.1. The average Bonchev–Trinajstić information content (AvgIpc) is 2.65. The Balaban J connectivity index is 1.67. The largest absolute Gasteiger partial charge is 0.417 e. The fourth-order valence-electron chi connectivity index (χ4n) is 3.03. The molecule has 0 unspecified atom stereocenters. The Morgan fingerprint density at radius 1 is 1.32 bits per heavy atom. The molecule has 150 valence electrons. The van der Waals surface area contributed by atoms with Gasteiger partial charge in [-0.15, -0.1) is 0 Å². The van der Waals surface area contributed by atoms with Gasteiger partial charge in [-0.1, -0.05) is 11.6 Å². The zero-order valence-electron chi connectivity index (χ0n) is 14.6. The van der Waals surface area contributed by atoms with Crippen LogP contribution >= 0.6 is 11.6 Å². The summed E-state index contributed by atoms with van der Waals surface area (Å²) in [4.78, 5) is 34.5. The van der Waals surface area contributed by atoms with Gasteiger partial charge in [-0.2, -0.15) is 13.2 Å². The third kappa shape index (κ3) is 4.80. The standard InChI is InChI=1S/C17H17ClF3N5O2/c18-13-7-11(17(19,20)21)8-26(15(13)28)10-14(27)24-12-3-1-6-25(9-12)16-22-4-2-5-23-16/h2,4-5,7-8,12H,1,3,6,9-10H2,(H,24,27)/t12-/m0/s1. The third-order valence-electron chi connectivity index (χ3n) is 4.31. The summed E-state index contributed by atoms with van der Waals surface area (Å²) in [5, 5.41) is 2.16. The average molecular weight is 416 g/mol. The fourth-order valence-corrected chi connectivity index (χ4v) is 3.26. The molecule has 0 bridgehead atoms. The highest BCUT2D eigenvalue weighted by Gasteiger charge is 2.32. The molecule has 3 rings (SSSR count). The van der Waals surface area contributed by atoms with Crippen LogP contribution in [0.1, 0.15) is 18.4 Å². The van der Waals surface area contributed by atoms with E-state index in [0.29, 0.717) is 35.7 Å². The molecule has 1 N–H and O–H groups in total. The summed E-state index contributed by atoms with van der Waals surface area (Å²) < 4.78 is 39.4. The quantitative estimate of drug-likeness (QED) is 0.827. The molecule has 0 radical (unpaired) electrons. The number of piperidine rings is 1. The summed E-state index contributed by atoms with van der Waals surface area (Å²) in [5.74, 6) is -0.0272. The van der Waals surface area contributed by atoms with Crippen LogP contribution in [0.4, 0.5) is 19.1 Å². The van der Waals surface area contributed by atoms with E-state index in [-0.39, 0.29) is 6.04 Å². The van der Waals surface area contributed by atoms with Crippen LogP contribution in [0.25, 0.3) is 0 Å². The number of rotatable bonds is 4. The second kappa shape index (κ2) is 8.17. The predicted molar refractivity (Wildman–Crippen MR) is 96.1 cm³/mol. The van der Waals surface area contributed by atoms with Crippen molar-refractivity contribution in [3.05, 3.63) is 51.7 Å². The SMILES string of the molecule is O=C(Cn1cc(C(F)(F)F)cc(Cl)c1=O)N[C@H]1CCCN(c2ncccn2)C1. The maximum atomic E-state index is 12.9. The first-order chi connectivity index (χ1) is 13.2. The summed E-state index contributed by atoms with van der Waals surface area (Å²) in [5.41, 5.74) is -1.94. The van der Waals surface area contributed by atoms with Crippen molar-refractivity contribution < 1.29 is 18.0 Å². The molecule has 1 aliphatic heterocycles. The molecule has 1 saturated heterocycles. The van der Waals surface area contributed by atoms with Crippen LogP contribution in [0.2, 0.25) is 5.02 Å². The number of nitrogens with one attached hydrogen (secondary N) is 1. The van der Waals surface area contributed by atoms with Gasteiger partial charge in [0, 0.05) is 37.7 Å². The molecule has 1 fully saturated rings. The maximum Gasteiger partial charge on any atom is 0.417 e. The Hall–Kier alpha value is -2.62. The normalized spacial score (nSPS) is 17.4. The molecule has 7 nitrogen and oxygen atoms in total. The number of pyridine rings is 1. The molecule has 1 aliphatic rings. The van der Waals surface area contributed by atoms with Gasteiger partial charge in [-0.25, -0.2) is 9.97 Å². The molecular weight excluding hydrogens is 399 g/mol. The molecule has 1 atom stereocenters. The van der Waals surface area contributed by atoms with Crippen LogP contribution in [0, 0.1) is 0 Å². The van der Waals surface area contributed by atoms with Crippen molar-refractivity contribution in [2.45, 2.75) is 31.6 Å². The van der Waals surface area contributed by atoms with Crippen LogP contribution < -0.4 is 15.8 Å². The number of hydrogen-bond donors (Lipinski definition) is 1. The minimum Gasteiger partial charge on any atom is -0.350 e. The van der Waals surface area contributed by atoms with Crippen LogP contribution in [0.3, 0.4) is 0 Å². The Labute approximate surface area is 163 Å². The van der Waals surface area contributed by atoms with Crippen molar-refractivity contribution in [2.24, 2.45) is 0 Å². The number of anilines is 1. The van der Waals surface area contributed by atoms with Gasteiger partial charge in [0.15, 0.2) is 0 Å². The molecule has 0 spiro atoms. The Morgan fingerprint density at radius 2 is 2.04 bits per heavy atom. The van der Waals surface area contributed by atoms with E-state index in [0.717, 1.165) is 13.0 Å². The molecule has 1 amide bonds. The molecule has 3 heterocycles. The van der Waals surface area contributed by atoms with Crippen molar-refractivity contribution in [2.75, 3.05) is 18.0 Å². The number of halogens is 4. The Bertz CT molecular complexity index is 904. The summed E-state index contributed by atoms with van der Waals surface area (Å²) >= 11 is 5.60. The van der Waals surface area contributed by atoms with Gasteiger partial charge in [-0.3, -0.25) is 9.59 Å². The highest BCUT2D eigenvalue weighted by molar-refractivity contribution is 6.30. The number of hydrogen-bond acceptors (Lipinski definition) is 5. The summed E-state index contributed by atoms with van der Waals surface area (Å²) in [6.45, 7) is 0.647. The van der Waals surface area contributed by atoms with E-state index < -0.39 is 34.8 Å². The Morgan fingerprint density at radius 3 is 2.71 bits per heavy atom.